The van der Waals surface area contributed by atoms with Crippen LogP contribution in [0.1, 0.15) is 39.5 Å². The van der Waals surface area contributed by atoms with Gasteiger partial charge in [0.05, 0.1) is 6.61 Å². The molecule has 0 aliphatic carbocycles. The predicted octanol–water partition coefficient (Wildman–Crippen LogP) is 2.12. The molecular weight excluding hydrogens is 224 g/mol. The van der Waals surface area contributed by atoms with Crippen molar-refractivity contribution in [2.75, 3.05) is 39.4 Å². The van der Waals surface area contributed by atoms with Crippen molar-refractivity contribution < 1.29 is 4.74 Å². The summed E-state index contributed by atoms with van der Waals surface area (Å²) in [5.41, 5.74) is 0. The van der Waals surface area contributed by atoms with Gasteiger partial charge < -0.3 is 15.0 Å². The highest BCUT2D eigenvalue weighted by Gasteiger charge is 2.27. The maximum absolute atomic E-state index is 5.69. The Morgan fingerprint density at radius 2 is 2.11 bits per heavy atom. The van der Waals surface area contributed by atoms with Crippen LogP contribution in [0.2, 0.25) is 0 Å². The first-order valence-electron chi connectivity index (χ1n) is 7.83. The van der Waals surface area contributed by atoms with Crippen LogP contribution in [0.3, 0.4) is 0 Å². The third-order valence-corrected chi connectivity index (χ3v) is 4.54. The van der Waals surface area contributed by atoms with Crippen molar-refractivity contribution >= 4 is 0 Å². The molecule has 2 saturated heterocycles. The number of likely N-dealkylation sites (tertiary alicyclic amines) is 1. The van der Waals surface area contributed by atoms with E-state index in [9.17, 15) is 0 Å². The first-order chi connectivity index (χ1) is 8.79. The van der Waals surface area contributed by atoms with Gasteiger partial charge in [-0.25, -0.2) is 0 Å². The highest BCUT2D eigenvalue weighted by atomic mass is 16.5. The fraction of sp³-hybridized carbons (Fsp3) is 1.00. The molecule has 3 unspecified atom stereocenters. The van der Waals surface area contributed by atoms with E-state index in [2.05, 4.69) is 24.1 Å². The number of nitrogens with one attached hydrogen (secondary N) is 1. The van der Waals surface area contributed by atoms with E-state index in [-0.39, 0.29) is 0 Å². The quantitative estimate of drug-likeness (QED) is 0.832. The monoisotopic (exact) mass is 254 g/mol. The van der Waals surface area contributed by atoms with E-state index < -0.39 is 0 Å². The molecule has 2 rings (SSSR count). The second-order valence-corrected chi connectivity index (χ2v) is 6.12. The van der Waals surface area contributed by atoms with Gasteiger partial charge >= 0.3 is 0 Å². The lowest BCUT2D eigenvalue weighted by molar-refractivity contribution is 0.0173. The molecule has 0 bridgehead atoms. The van der Waals surface area contributed by atoms with E-state index in [1.807, 2.05) is 0 Å². The van der Waals surface area contributed by atoms with Crippen LogP contribution in [-0.4, -0.2) is 50.3 Å². The Morgan fingerprint density at radius 3 is 2.94 bits per heavy atom. The van der Waals surface area contributed by atoms with Gasteiger partial charge in [0, 0.05) is 25.1 Å². The van der Waals surface area contributed by atoms with Gasteiger partial charge in [0.1, 0.15) is 0 Å². The van der Waals surface area contributed by atoms with Gasteiger partial charge in [-0.2, -0.15) is 0 Å². The van der Waals surface area contributed by atoms with Crippen molar-refractivity contribution in [3.05, 3.63) is 0 Å². The molecule has 1 N–H and O–H groups in total. The minimum atomic E-state index is 0.671. The fourth-order valence-electron chi connectivity index (χ4n) is 3.34. The summed E-state index contributed by atoms with van der Waals surface area (Å²) in [5, 5.41) is 3.64. The Bertz CT molecular complexity index is 233. The van der Waals surface area contributed by atoms with E-state index in [1.54, 1.807) is 0 Å². The molecule has 3 heteroatoms. The lowest BCUT2D eigenvalue weighted by atomic mass is 9.95. The fourth-order valence-corrected chi connectivity index (χ4v) is 3.34. The van der Waals surface area contributed by atoms with Gasteiger partial charge in [-0.05, 0) is 51.2 Å². The number of ether oxygens (including phenoxy) is 1. The summed E-state index contributed by atoms with van der Waals surface area (Å²) in [4.78, 5) is 2.67. The molecular formula is C15H30N2O. The van der Waals surface area contributed by atoms with Crippen molar-refractivity contribution in [2.24, 2.45) is 11.8 Å². The van der Waals surface area contributed by atoms with E-state index in [0.29, 0.717) is 12.0 Å². The second-order valence-electron chi connectivity index (χ2n) is 6.12. The van der Waals surface area contributed by atoms with E-state index in [0.717, 1.165) is 25.7 Å². The molecule has 0 aromatic heterocycles. The Labute approximate surface area is 112 Å². The maximum atomic E-state index is 5.69. The summed E-state index contributed by atoms with van der Waals surface area (Å²) in [6.07, 6.45) is 5.34. The molecule has 18 heavy (non-hydrogen) atoms. The average Bonchev–Trinajstić information content (AvgIpc) is 2.57. The van der Waals surface area contributed by atoms with Crippen molar-refractivity contribution in [3.8, 4) is 0 Å². The van der Waals surface area contributed by atoms with Gasteiger partial charge in [0.25, 0.3) is 0 Å². The summed E-state index contributed by atoms with van der Waals surface area (Å²) in [6.45, 7) is 11.4. The van der Waals surface area contributed by atoms with Crippen LogP contribution in [0, 0.1) is 11.8 Å². The highest BCUT2D eigenvalue weighted by molar-refractivity contribution is 4.82. The van der Waals surface area contributed by atoms with Gasteiger partial charge in [-0.15, -0.1) is 0 Å². The Balaban J connectivity index is 1.82. The van der Waals surface area contributed by atoms with Crippen LogP contribution in [0.5, 0.6) is 0 Å². The number of hydrogen-bond donors (Lipinski definition) is 1. The van der Waals surface area contributed by atoms with Crippen LogP contribution in [-0.2, 0) is 4.74 Å². The molecule has 106 valence electrons. The van der Waals surface area contributed by atoms with E-state index >= 15 is 0 Å². The van der Waals surface area contributed by atoms with Crippen molar-refractivity contribution in [2.45, 2.75) is 45.6 Å². The molecule has 2 aliphatic heterocycles. The Kier molecular flexibility index (Phi) is 5.93. The summed E-state index contributed by atoms with van der Waals surface area (Å²) >= 11 is 0. The van der Waals surface area contributed by atoms with Gasteiger partial charge in [-0.1, -0.05) is 13.8 Å². The van der Waals surface area contributed by atoms with Crippen molar-refractivity contribution in [1.82, 2.24) is 10.2 Å². The summed E-state index contributed by atoms with van der Waals surface area (Å²) in [5.74, 6) is 1.61. The van der Waals surface area contributed by atoms with Crippen LogP contribution in [0.4, 0.5) is 0 Å². The molecule has 2 heterocycles. The summed E-state index contributed by atoms with van der Waals surface area (Å²) < 4.78 is 5.69. The number of nitrogens with zero attached hydrogens (tertiary/aromatic N) is 1. The molecule has 0 aromatic rings. The van der Waals surface area contributed by atoms with Crippen LogP contribution in [0.25, 0.3) is 0 Å². The van der Waals surface area contributed by atoms with E-state index in [4.69, 9.17) is 4.74 Å². The average molecular weight is 254 g/mol. The summed E-state index contributed by atoms with van der Waals surface area (Å²) in [6, 6.07) is 0.671. The SMILES string of the molecule is CCNC1CCOCC1CN1CCCC(C)CC1. The first-order valence-corrected chi connectivity index (χ1v) is 7.83. The van der Waals surface area contributed by atoms with Crippen LogP contribution >= 0.6 is 0 Å². The standard InChI is InChI=1S/C15H30N2O/c1-3-16-15-7-10-18-12-14(15)11-17-8-4-5-13(2)6-9-17/h13-16H,3-12H2,1-2H3. The second kappa shape index (κ2) is 7.46. The number of hydrogen-bond acceptors (Lipinski definition) is 3. The lowest BCUT2D eigenvalue weighted by Gasteiger charge is -2.35. The Morgan fingerprint density at radius 1 is 1.22 bits per heavy atom. The molecule has 0 spiro atoms. The molecule has 0 amide bonds. The topological polar surface area (TPSA) is 24.5 Å². The number of rotatable bonds is 4. The smallest absolute Gasteiger partial charge is 0.0521 e. The molecule has 2 fully saturated rings. The minimum Gasteiger partial charge on any atom is -0.381 e. The zero-order chi connectivity index (χ0) is 12.8. The van der Waals surface area contributed by atoms with Gasteiger partial charge in [0.2, 0.25) is 0 Å². The summed E-state index contributed by atoms with van der Waals surface area (Å²) in [7, 11) is 0. The normalized spacial score (nSPS) is 35.3. The van der Waals surface area contributed by atoms with Crippen LogP contribution in [0.15, 0.2) is 0 Å². The molecule has 0 saturated carbocycles. The third-order valence-electron chi connectivity index (χ3n) is 4.54. The van der Waals surface area contributed by atoms with E-state index in [1.165, 1.54) is 45.3 Å². The highest BCUT2D eigenvalue weighted by Crippen LogP contribution is 2.20. The Hall–Kier alpha value is -0.120. The maximum Gasteiger partial charge on any atom is 0.0521 e. The molecule has 0 aromatic carbocycles. The zero-order valence-electron chi connectivity index (χ0n) is 12.2. The molecule has 2 aliphatic rings. The first kappa shape index (κ1) is 14.3. The zero-order valence-corrected chi connectivity index (χ0v) is 12.2. The molecule has 3 atom stereocenters. The minimum absolute atomic E-state index is 0.671. The molecule has 0 radical (unpaired) electrons. The predicted molar refractivity (Wildman–Crippen MR) is 75.8 cm³/mol. The van der Waals surface area contributed by atoms with Crippen molar-refractivity contribution in [3.63, 3.8) is 0 Å². The molecule has 3 nitrogen and oxygen atoms in total. The van der Waals surface area contributed by atoms with Gasteiger partial charge in [-0.3, -0.25) is 0 Å². The van der Waals surface area contributed by atoms with Crippen LogP contribution < -0.4 is 5.32 Å². The van der Waals surface area contributed by atoms with Gasteiger partial charge in [0.15, 0.2) is 0 Å². The third kappa shape index (κ3) is 4.22. The lowest BCUT2D eigenvalue weighted by Crippen LogP contribution is -2.47. The van der Waals surface area contributed by atoms with Crippen molar-refractivity contribution in [1.29, 1.82) is 0 Å². The largest absolute Gasteiger partial charge is 0.381 e.